The van der Waals surface area contributed by atoms with Crippen LogP contribution < -0.4 is 10.6 Å². The number of methoxy groups -OCH3 is 1. The van der Waals surface area contributed by atoms with Crippen LogP contribution in [0.4, 0.5) is 4.79 Å². The maximum absolute atomic E-state index is 12.9. The summed E-state index contributed by atoms with van der Waals surface area (Å²) in [4.78, 5) is 36.9. The number of aliphatic carboxylic acids is 1. The molecule has 8 nitrogen and oxygen atoms in total. The summed E-state index contributed by atoms with van der Waals surface area (Å²) in [5.74, 6) is -1.51. The number of carboxylic acids is 1. The Morgan fingerprint density at radius 1 is 1.06 bits per heavy atom. The third-order valence-electron chi connectivity index (χ3n) is 6.92. The molecule has 0 radical (unpaired) electrons. The third kappa shape index (κ3) is 4.77. The summed E-state index contributed by atoms with van der Waals surface area (Å²) in [5, 5.41) is 14.7. The van der Waals surface area contributed by atoms with Gasteiger partial charge in [0.1, 0.15) is 12.6 Å². The van der Waals surface area contributed by atoms with Crippen LogP contribution in [0.2, 0.25) is 0 Å². The molecule has 34 heavy (non-hydrogen) atoms. The molecular weight excluding hydrogens is 436 g/mol. The maximum atomic E-state index is 12.9. The van der Waals surface area contributed by atoms with Crippen molar-refractivity contribution in [3.05, 3.63) is 59.7 Å². The number of fused-ring (bicyclic) bond motifs is 3. The molecule has 0 saturated heterocycles. The SMILES string of the molecule is COCCC(NC(=O)C1(CNC(=O)OCC2c3ccccc3-c3ccccc32)CCC1)C(=O)O. The highest BCUT2D eigenvalue weighted by Gasteiger charge is 2.45. The summed E-state index contributed by atoms with van der Waals surface area (Å²) in [5.41, 5.74) is 3.74. The quantitative estimate of drug-likeness (QED) is 0.495. The van der Waals surface area contributed by atoms with E-state index in [0.29, 0.717) is 12.8 Å². The van der Waals surface area contributed by atoms with Crippen LogP contribution in [0.25, 0.3) is 11.1 Å². The van der Waals surface area contributed by atoms with Crippen LogP contribution in [0.3, 0.4) is 0 Å². The standard InChI is InChI=1S/C26H30N2O6/c1-33-14-11-22(23(29)30)28-24(31)26(12-6-13-26)16-27-25(32)34-15-21-19-9-4-2-7-17(19)18-8-3-5-10-20(18)21/h2-5,7-10,21-22H,6,11-16H2,1H3,(H,27,32)(H,28,31)(H,29,30). The van der Waals surface area contributed by atoms with Crippen LogP contribution >= 0.6 is 0 Å². The number of amides is 2. The van der Waals surface area contributed by atoms with Crippen molar-refractivity contribution < 1.29 is 29.0 Å². The Kier molecular flexibility index (Phi) is 7.17. The van der Waals surface area contributed by atoms with Gasteiger partial charge in [0, 0.05) is 32.6 Å². The lowest BCUT2D eigenvalue weighted by Crippen LogP contribution is -2.56. The van der Waals surface area contributed by atoms with E-state index < -0.39 is 23.5 Å². The number of carbonyl (C=O) groups is 3. The van der Waals surface area contributed by atoms with Crippen molar-refractivity contribution in [3.8, 4) is 11.1 Å². The van der Waals surface area contributed by atoms with Crippen molar-refractivity contribution in [2.75, 3.05) is 26.9 Å². The second-order valence-electron chi connectivity index (χ2n) is 8.96. The number of hydrogen-bond acceptors (Lipinski definition) is 5. The summed E-state index contributed by atoms with van der Waals surface area (Å²) in [6.45, 7) is 0.519. The molecule has 1 fully saturated rings. The molecule has 0 aliphatic heterocycles. The topological polar surface area (TPSA) is 114 Å². The predicted molar refractivity (Wildman–Crippen MR) is 125 cm³/mol. The largest absolute Gasteiger partial charge is 0.480 e. The Morgan fingerprint density at radius 3 is 2.21 bits per heavy atom. The van der Waals surface area contributed by atoms with Gasteiger partial charge in [0.2, 0.25) is 5.91 Å². The van der Waals surface area contributed by atoms with E-state index in [4.69, 9.17) is 9.47 Å². The van der Waals surface area contributed by atoms with Gasteiger partial charge in [0.15, 0.2) is 0 Å². The number of hydrogen-bond donors (Lipinski definition) is 3. The lowest BCUT2D eigenvalue weighted by Gasteiger charge is -2.40. The minimum Gasteiger partial charge on any atom is -0.480 e. The Labute approximate surface area is 198 Å². The molecule has 0 bridgehead atoms. The fourth-order valence-corrected chi connectivity index (χ4v) is 4.78. The number of carbonyl (C=O) groups excluding carboxylic acids is 2. The van der Waals surface area contributed by atoms with Crippen molar-refractivity contribution in [3.63, 3.8) is 0 Å². The fourth-order valence-electron chi connectivity index (χ4n) is 4.78. The fraction of sp³-hybridized carbons (Fsp3) is 0.423. The van der Waals surface area contributed by atoms with Gasteiger partial charge >= 0.3 is 12.1 Å². The molecule has 180 valence electrons. The monoisotopic (exact) mass is 466 g/mol. The third-order valence-corrected chi connectivity index (χ3v) is 6.92. The lowest BCUT2D eigenvalue weighted by molar-refractivity contribution is -0.146. The van der Waals surface area contributed by atoms with Crippen LogP contribution in [0.1, 0.15) is 42.7 Å². The molecule has 2 aromatic rings. The van der Waals surface area contributed by atoms with Crippen molar-refractivity contribution in [1.29, 1.82) is 0 Å². The van der Waals surface area contributed by atoms with Crippen LogP contribution in [0.15, 0.2) is 48.5 Å². The van der Waals surface area contributed by atoms with E-state index in [1.165, 1.54) is 7.11 Å². The highest BCUT2D eigenvalue weighted by atomic mass is 16.5. The first-order chi connectivity index (χ1) is 16.4. The zero-order chi connectivity index (χ0) is 24.1. The number of rotatable bonds is 10. The molecule has 2 aromatic carbocycles. The van der Waals surface area contributed by atoms with E-state index in [1.807, 2.05) is 24.3 Å². The van der Waals surface area contributed by atoms with Crippen LogP contribution in [0.5, 0.6) is 0 Å². The molecule has 2 amide bonds. The van der Waals surface area contributed by atoms with Gasteiger partial charge in [-0.3, -0.25) is 4.79 Å². The van der Waals surface area contributed by atoms with E-state index >= 15 is 0 Å². The zero-order valence-electron chi connectivity index (χ0n) is 19.2. The zero-order valence-corrected chi connectivity index (χ0v) is 19.2. The summed E-state index contributed by atoms with van der Waals surface area (Å²) in [6, 6.07) is 15.2. The van der Waals surface area contributed by atoms with E-state index in [-0.39, 0.29) is 38.0 Å². The highest BCUT2D eigenvalue weighted by Crippen LogP contribution is 2.44. The van der Waals surface area contributed by atoms with E-state index in [2.05, 4.69) is 34.9 Å². The molecule has 3 N–H and O–H groups in total. The molecular formula is C26H30N2O6. The van der Waals surface area contributed by atoms with Gasteiger partial charge in [-0.25, -0.2) is 9.59 Å². The summed E-state index contributed by atoms with van der Waals surface area (Å²) in [6.07, 6.45) is 1.59. The number of carboxylic acid groups (broad SMARTS) is 1. The molecule has 2 aliphatic carbocycles. The summed E-state index contributed by atoms with van der Waals surface area (Å²) < 4.78 is 10.5. The average Bonchev–Trinajstić information content (AvgIpc) is 3.13. The number of ether oxygens (including phenoxy) is 2. The molecule has 4 rings (SSSR count). The molecule has 1 saturated carbocycles. The van der Waals surface area contributed by atoms with Crippen molar-refractivity contribution in [2.24, 2.45) is 5.41 Å². The average molecular weight is 467 g/mol. The van der Waals surface area contributed by atoms with Crippen LogP contribution in [0, 0.1) is 5.41 Å². The number of benzene rings is 2. The van der Waals surface area contributed by atoms with E-state index in [0.717, 1.165) is 28.7 Å². The van der Waals surface area contributed by atoms with Crippen molar-refractivity contribution in [2.45, 2.75) is 37.6 Å². The minimum atomic E-state index is -1.11. The van der Waals surface area contributed by atoms with Crippen molar-refractivity contribution >= 4 is 18.0 Å². The molecule has 8 heteroatoms. The Bertz CT molecular complexity index is 1020. The summed E-state index contributed by atoms with van der Waals surface area (Å²) in [7, 11) is 1.48. The Hall–Kier alpha value is -3.39. The predicted octanol–water partition coefficient (Wildman–Crippen LogP) is 3.30. The smallest absolute Gasteiger partial charge is 0.407 e. The van der Waals surface area contributed by atoms with Crippen LogP contribution in [-0.4, -0.2) is 56.0 Å². The highest BCUT2D eigenvalue weighted by molar-refractivity contribution is 5.88. The second-order valence-corrected chi connectivity index (χ2v) is 8.96. The number of nitrogens with one attached hydrogen (secondary N) is 2. The van der Waals surface area contributed by atoms with Crippen LogP contribution in [-0.2, 0) is 19.1 Å². The molecule has 0 spiro atoms. The van der Waals surface area contributed by atoms with E-state index in [9.17, 15) is 19.5 Å². The number of alkyl carbamates (subject to hydrolysis) is 1. The molecule has 1 unspecified atom stereocenters. The first-order valence-electron chi connectivity index (χ1n) is 11.6. The van der Waals surface area contributed by atoms with Crippen molar-refractivity contribution in [1.82, 2.24) is 10.6 Å². The summed E-state index contributed by atoms with van der Waals surface area (Å²) >= 11 is 0. The first-order valence-corrected chi connectivity index (χ1v) is 11.6. The van der Waals surface area contributed by atoms with Gasteiger partial charge in [0.05, 0.1) is 5.41 Å². The maximum Gasteiger partial charge on any atom is 0.407 e. The van der Waals surface area contributed by atoms with Gasteiger partial charge in [0.25, 0.3) is 0 Å². The van der Waals surface area contributed by atoms with Gasteiger partial charge in [-0.1, -0.05) is 55.0 Å². The van der Waals surface area contributed by atoms with Gasteiger partial charge in [-0.2, -0.15) is 0 Å². The van der Waals surface area contributed by atoms with Gasteiger partial charge in [-0.15, -0.1) is 0 Å². The normalized spacial score (nSPS) is 16.5. The van der Waals surface area contributed by atoms with Gasteiger partial charge < -0.3 is 25.2 Å². The Balaban J connectivity index is 1.34. The van der Waals surface area contributed by atoms with E-state index in [1.54, 1.807) is 0 Å². The van der Waals surface area contributed by atoms with Gasteiger partial charge in [-0.05, 0) is 35.1 Å². The minimum absolute atomic E-state index is 0.0452. The second kappa shape index (κ2) is 10.3. The Morgan fingerprint density at radius 2 is 1.68 bits per heavy atom. The molecule has 0 heterocycles. The molecule has 1 atom stereocenters. The lowest BCUT2D eigenvalue weighted by atomic mass is 9.68. The molecule has 0 aromatic heterocycles. The first kappa shape index (κ1) is 23.8. The molecule has 2 aliphatic rings.